The second kappa shape index (κ2) is 9.40. The Morgan fingerprint density at radius 3 is 2.46 bits per heavy atom. The molecule has 2 heterocycles. The molecule has 1 aliphatic rings. The molecule has 0 saturated carbocycles. The molecule has 1 amide bonds. The molecule has 0 N–H and O–H groups in total. The van der Waals surface area contributed by atoms with E-state index in [1.807, 2.05) is 23.1 Å². The van der Waals surface area contributed by atoms with Gasteiger partial charge in [-0.05, 0) is 25.5 Å². The molecule has 5 nitrogen and oxygen atoms in total. The minimum atomic E-state index is -0.455. The number of unbranched alkanes of at least 4 members (excludes halogenated alkanes) is 3. The van der Waals surface area contributed by atoms with Crippen molar-refractivity contribution in [2.75, 3.05) is 31.1 Å². The number of nitrogens with zero attached hydrogens (tertiary/aromatic N) is 3. The molecule has 1 saturated heterocycles. The van der Waals surface area contributed by atoms with Gasteiger partial charge in [0.15, 0.2) is 0 Å². The number of hydrogen-bond donors (Lipinski definition) is 0. The van der Waals surface area contributed by atoms with Crippen molar-refractivity contribution >= 4 is 17.5 Å². The van der Waals surface area contributed by atoms with Gasteiger partial charge in [0.1, 0.15) is 11.6 Å². The number of amides is 1. The Morgan fingerprint density at radius 1 is 1.12 bits per heavy atom. The van der Waals surface area contributed by atoms with Crippen molar-refractivity contribution < 1.29 is 9.59 Å². The smallest absolute Gasteiger partial charge is 0.233 e. The van der Waals surface area contributed by atoms with Gasteiger partial charge in [-0.1, -0.05) is 38.7 Å². The van der Waals surface area contributed by atoms with Gasteiger partial charge >= 0.3 is 0 Å². The van der Waals surface area contributed by atoms with Crippen LogP contribution in [-0.2, 0) is 9.59 Å². The van der Waals surface area contributed by atoms with Crippen LogP contribution in [0, 0.1) is 5.92 Å². The van der Waals surface area contributed by atoms with Gasteiger partial charge in [-0.3, -0.25) is 9.59 Å². The van der Waals surface area contributed by atoms with Crippen molar-refractivity contribution in [1.82, 2.24) is 9.88 Å². The number of carbonyl (C=O) groups is 2. The van der Waals surface area contributed by atoms with Gasteiger partial charge in [0.2, 0.25) is 5.91 Å². The standard InChI is InChI=1S/C19H29N3O2/c1-3-4-5-6-9-17(16(2)23)19(24)22-14-12-21(13-15-22)18-10-7-8-11-20-18/h7-8,10-11,17H,3-6,9,12-15H2,1-2H3. The van der Waals surface area contributed by atoms with Crippen molar-refractivity contribution in [2.45, 2.75) is 46.0 Å². The fourth-order valence-corrected chi connectivity index (χ4v) is 3.19. The summed E-state index contributed by atoms with van der Waals surface area (Å²) in [5.74, 6) is 0.513. The number of aromatic nitrogens is 1. The molecule has 0 spiro atoms. The second-order valence-electron chi connectivity index (χ2n) is 6.51. The van der Waals surface area contributed by atoms with Crippen molar-refractivity contribution in [3.8, 4) is 0 Å². The van der Waals surface area contributed by atoms with E-state index >= 15 is 0 Å². The van der Waals surface area contributed by atoms with Crippen LogP contribution in [0.2, 0.25) is 0 Å². The third-order valence-electron chi connectivity index (χ3n) is 4.70. The lowest BCUT2D eigenvalue weighted by Crippen LogP contribution is -2.51. The molecule has 1 unspecified atom stereocenters. The Labute approximate surface area is 145 Å². The van der Waals surface area contributed by atoms with E-state index in [-0.39, 0.29) is 11.7 Å². The van der Waals surface area contributed by atoms with E-state index in [4.69, 9.17) is 0 Å². The van der Waals surface area contributed by atoms with E-state index in [2.05, 4.69) is 16.8 Å². The maximum absolute atomic E-state index is 12.7. The fourth-order valence-electron chi connectivity index (χ4n) is 3.19. The molecule has 1 atom stereocenters. The summed E-state index contributed by atoms with van der Waals surface area (Å²) in [5, 5.41) is 0. The molecule has 1 aromatic rings. The van der Waals surface area contributed by atoms with E-state index in [1.54, 1.807) is 13.1 Å². The Hall–Kier alpha value is -1.91. The quantitative estimate of drug-likeness (QED) is 0.543. The Kier molecular flexibility index (Phi) is 7.22. The highest BCUT2D eigenvalue weighted by Crippen LogP contribution is 2.18. The van der Waals surface area contributed by atoms with Crippen LogP contribution in [0.25, 0.3) is 0 Å². The molecular formula is C19H29N3O2. The average molecular weight is 331 g/mol. The van der Waals surface area contributed by atoms with Gasteiger partial charge in [0.05, 0.1) is 5.92 Å². The lowest BCUT2D eigenvalue weighted by Gasteiger charge is -2.36. The summed E-state index contributed by atoms with van der Waals surface area (Å²) in [7, 11) is 0. The summed E-state index contributed by atoms with van der Waals surface area (Å²) in [6, 6.07) is 5.87. The van der Waals surface area contributed by atoms with E-state index in [9.17, 15) is 9.59 Å². The highest BCUT2D eigenvalue weighted by atomic mass is 16.2. The van der Waals surface area contributed by atoms with Crippen LogP contribution in [0.5, 0.6) is 0 Å². The molecule has 2 rings (SSSR count). The average Bonchev–Trinajstić information content (AvgIpc) is 2.62. The van der Waals surface area contributed by atoms with Gasteiger partial charge in [-0.25, -0.2) is 4.98 Å². The molecule has 5 heteroatoms. The number of rotatable bonds is 8. The lowest BCUT2D eigenvalue weighted by atomic mass is 9.95. The number of hydrogen-bond acceptors (Lipinski definition) is 4. The largest absolute Gasteiger partial charge is 0.353 e. The summed E-state index contributed by atoms with van der Waals surface area (Å²) in [4.78, 5) is 33.0. The maximum atomic E-state index is 12.7. The molecule has 0 aromatic carbocycles. The van der Waals surface area contributed by atoms with E-state index in [1.165, 1.54) is 6.42 Å². The molecule has 24 heavy (non-hydrogen) atoms. The predicted octanol–water partition coefficient (Wildman–Crippen LogP) is 2.91. The zero-order chi connectivity index (χ0) is 17.4. The summed E-state index contributed by atoms with van der Waals surface area (Å²) >= 11 is 0. The van der Waals surface area contributed by atoms with Crippen molar-refractivity contribution in [3.05, 3.63) is 24.4 Å². The monoisotopic (exact) mass is 331 g/mol. The van der Waals surface area contributed by atoms with Crippen LogP contribution in [0.15, 0.2) is 24.4 Å². The third kappa shape index (κ3) is 5.05. The Morgan fingerprint density at radius 2 is 1.88 bits per heavy atom. The van der Waals surface area contributed by atoms with Crippen molar-refractivity contribution in [2.24, 2.45) is 5.92 Å². The maximum Gasteiger partial charge on any atom is 0.233 e. The summed E-state index contributed by atoms with van der Waals surface area (Å²) in [5.41, 5.74) is 0. The van der Waals surface area contributed by atoms with E-state index in [0.29, 0.717) is 19.5 Å². The van der Waals surface area contributed by atoms with Gasteiger partial charge in [0.25, 0.3) is 0 Å². The number of Topliss-reactive ketones (excluding diaryl/α,β-unsaturated/α-hetero) is 1. The molecule has 1 fully saturated rings. The van der Waals surface area contributed by atoms with Crippen LogP contribution >= 0.6 is 0 Å². The van der Waals surface area contributed by atoms with E-state index < -0.39 is 5.92 Å². The molecule has 0 bridgehead atoms. The van der Waals surface area contributed by atoms with E-state index in [0.717, 1.165) is 38.2 Å². The number of anilines is 1. The van der Waals surface area contributed by atoms with Gasteiger partial charge in [-0.2, -0.15) is 0 Å². The zero-order valence-electron chi connectivity index (χ0n) is 14.9. The van der Waals surface area contributed by atoms with Gasteiger partial charge < -0.3 is 9.80 Å². The molecule has 0 radical (unpaired) electrons. The summed E-state index contributed by atoms with van der Waals surface area (Å²) < 4.78 is 0. The van der Waals surface area contributed by atoms with Gasteiger partial charge in [0, 0.05) is 32.4 Å². The van der Waals surface area contributed by atoms with Crippen LogP contribution in [0.3, 0.4) is 0 Å². The fraction of sp³-hybridized carbons (Fsp3) is 0.632. The zero-order valence-corrected chi connectivity index (χ0v) is 14.9. The first kappa shape index (κ1) is 18.4. The number of ketones is 1. The number of pyridine rings is 1. The van der Waals surface area contributed by atoms with Gasteiger partial charge in [-0.15, -0.1) is 0 Å². The summed E-state index contributed by atoms with van der Waals surface area (Å²) in [6.07, 6.45) is 6.86. The van der Waals surface area contributed by atoms with Crippen LogP contribution in [-0.4, -0.2) is 47.8 Å². The Bertz CT molecular complexity index is 525. The topological polar surface area (TPSA) is 53.5 Å². The third-order valence-corrected chi connectivity index (χ3v) is 4.70. The first-order chi connectivity index (χ1) is 11.6. The minimum Gasteiger partial charge on any atom is -0.353 e. The first-order valence-electron chi connectivity index (χ1n) is 9.08. The van der Waals surface area contributed by atoms with Crippen LogP contribution in [0.4, 0.5) is 5.82 Å². The van der Waals surface area contributed by atoms with Crippen LogP contribution < -0.4 is 4.90 Å². The predicted molar refractivity (Wildman–Crippen MR) is 96.0 cm³/mol. The highest BCUT2D eigenvalue weighted by molar-refractivity contribution is 6.00. The van der Waals surface area contributed by atoms with Crippen LogP contribution in [0.1, 0.15) is 46.0 Å². The molecule has 132 valence electrons. The Balaban J connectivity index is 1.86. The SMILES string of the molecule is CCCCCCC(C(C)=O)C(=O)N1CCN(c2ccccn2)CC1. The highest BCUT2D eigenvalue weighted by Gasteiger charge is 2.30. The van der Waals surface area contributed by atoms with Crippen molar-refractivity contribution in [3.63, 3.8) is 0 Å². The number of carbonyl (C=O) groups excluding carboxylic acids is 2. The second-order valence-corrected chi connectivity index (χ2v) is 6.51. The normalized spacial score (nSPS) is 16.1. The molecule has 1 aromatic heterocycles. The molecular weight excluding hydrogens is 302 g/mol. The molecule has 1 aliphatic heterocycles. The van der Waals surface area contributed by atoms with Crippen molar-refractivity contribution in [1.29, 1.82) is 0 Å². The minimum absolute atomic E-state index is 0.00338. The lowest BCUT2D eigenvalue weighted by molar-refractivity contribution is -0.141. The summed E-state index contributed by atoms with van der Waals surface area (Å²) in [6.45, 7) is 6.57. The number of piperazine rings is 1. The first-order valence-corrected chi connectivity index (χ1v) is 9.08. The molecule has 0 aliphatic carbocycles.